The summed E-state index contributed by atoms with van der Waals surface area (Å²) < 4.78 is 26.3. The lowest BCUT2D eigenvalue weighted by molar-refractivity contribution is -0.106. The van der Waals surface area contributed by atoms with Crippen molar-refractivity contribution in [1.29, 1.82) is 0 Å². The zero-order valence-electron chi connectivity index (χ0n) is 17.7. The molecule has 1 unspecified atom stereocenters. The fourth-order valence-electron chi connectivity index (χ4n) is 5.44. The van der Waals surface area contributed by atoms with Gasteiger partial charge < -0.3 is 19.7 Å². The molecule has 1 saturated heterocycles. The van der Waals surface area contributed by atoms with Crippen LogP contribution in [0.2, 0.25) is 0 Å². The minimum atomic E-state index is -1.29. The summed E-state index contributed by atoms with van der Waals surface area (Å²) in [5.41, 5.74) is 1.03. The maximum absolute atomic E-state index is 14.8. The molecular formula is C26H27FO5. The normalized spacial score (nSPS) is 27.0. The molecular weight excluding hydrogens is 411 g/mol. The zero-order chi connectivity index (χ0) is 22.3. The number of aromatic carboxylic acids is 1. The first-order valence-corrected chi connectivity index (χ1v) is 11.2. The highest BCUT2D eigenvalue weighted by molar-refractivity contribution is 5.88. The van der Waals surface area contributed by atoms with Gasteiger partial charge >= 0.3 is 5.97 Å². The Balaban J connectivity index is 1.33. The number of halogens is 1. The third-order valence-electron chi connectivity index (χ3n) is 7.41. The molecule has 5 rings (SSSR count). The standard InChI is InChI=1S/C26H27FO5/c27-23-20(25(29)30)11-7-17-6-10-19-16(8-12-21(19)32-24(17)23)9-13-22(28)26(14-31-15-26)18-4-2-1-3-5-18/h1-5,7,9,11,13,16,19,21-22,28H,6,8,10,12,14-15H2,(H,29,30)/b13-9+/t16-,19-,21+,22?/m1/s1. The van der Waals surface area contributed by atoms with Crippen molar-refractivity contribution in [2.75, 3.05) is 13.2 Å². The second-order valence-electron chi connectivity index (χ2n) is 9.17. The van der Waals surface area contributed by atoms with Gasteiger partial charge in [0.25, 0.3) is 0 Å². The van der Waals surface area contributed by atoms with Crippen molar-refractivity contribution < 1.29 is 28.9 Å². The van der Waals surface area contributed by atoms with E-state index >= 15 is 0 Å². The number of fused-ring (bicyclic) bond motifs is 2. The lowest BCUT2D eigenvalue weighted by atomic mass is 9.73. The van der Waals surface area contributed by atoms with E-state index in [1.54, 1.807) is 6.07 Å². The Kier molecular flexibility index (Phi) is 5.51. The number of benzene rings is 2. The SMILES string of the molecule is O=C(O)c1ccc2c(c1F)O[C@H]1CC[C@H](/C=C/C(O)C3(c4ccccc4)COC3)[C@H]1CC2. The predicted molar refractivity (Wildman–Crippen MR) is 116 cm³/mol. The zero-order valence-corrected chi connectivity index (χ0v) is 17.7. The van der Waals surface area contributed by atoms with Crippen molar-refractivity contribution in [2.45, 2.75) is 43.3 Å². The molecule has 2 aliphatic heterocycles. The van der Waals surface area contributed by atoms with Crippen LogP contribution in [0.1, 0.15) is 40.7 Å². The average Bonchev–Trinajstić information content (AvgIpc) is 3.03. The molecule has 0 bridgehead atoms. The fourth-order valence-corrected chi connectivity index (χ4v) is 5.44. The van der Waals surface area contributed by atoms with Gasteiger partial charge in [0.05, 0.1) is 30.3 Å². The molecule has 1 saturated carbocycles. The second kappa shape index (κ2) is 8.34. The van der Waals surface area contributed by atoms with E-state index < -0.39 is 23.3 Å². The molecule has 0 amide bonds. The van der Waals surface area contributed by atoms with Crippen LogP contribution in [-0.2, 0) is 16.6 Å². The molecule has 0 spiro atoms. The van der Waals surface area contributed by atoms with Crippen LogP contribution in [-0.4, -0.2) is 41.6 Å². The van der Waals surface area contributed by atoms with Gasteiger partial charge in [-0.25, -0.2) is 9.18 Å². The Hall–Kier alpha value is -2.70. The number of allylic oxidation sites excluding steroid dienone is 1. The number of aliphatic hydroxyl groups is 1. The predicted octanol–water partition coefficient (Wildman–Crippen LogP) is 4.13. The maximum atomic E-state index is 14.8. The van der Waals surface area contributed by atoms with E-state index in [0.717, 1.165) is 30.4 Å². The van der Waals surface area contributed by atoms with Gasteiger partial charge in [-0.3, -0.25) is 0 Å². The topological polar surface area (TPSA) is 76.0 Å². The molecule has 168 valence electrons. The molecule has 0 radical (unpaired) electrons. The van der Waals surface area contributed by atoms with Gasteiger partial charge in [0.15, 0.2) is 11.6 Å². The van der Waals surface area contributed by atoms with Crippen LogP contribution in [0.5, 0.6) is 5.75 Å². The maximum Gasteiger partial charge on any atom is 0.338 e. The number of rotatable bonds is 5. The number of hydrogen-bond donors (Lipinski definition) is 2. The van der Waals surface area contributed by atoms with Crippen molar-refractivity contribution in [3.63, 3.8) is 0 Å². The molecule has 2 fully saturated rings. The summed E-state index contributed by atoms with van der Waals surface area (Å²) in [7, 11) is 0. The summed E-state index contributed by atoms with van der Waals surface area (Å²) in [5.74, 6) is -1.55. The Morgan fingerprint density at radius 1 is 1.12 bits per heavy atom. The van der Waals surface area contributed by atoms with E-state index in [9.17, 15) is 19.4 Å². The molecule has 5 nitrogen and oxygen atoms in total. The average molecular weight is 438 g/mol. The lowest BCUT2D eigenvalue weighted by Gasteiger charge is -2.44. The summed E-state index contributed by atoms with van der Waals surface area (Å²) in [6, 6.07) is 13.0. The van der Waals surface area contributed by atoms with Crippen LogP contribution in [0.4, 0.5) is 4.39 Å². The molecule has 6 heteroatoms. The van der Waals surface area contributed by atoms with Gasteiger partial charge in [-0.05, 0) is 48.8 Å². The number of carbonyl (C=O) groups is 1. The van der Waals surface area contributed by atoms with Gasteiger partial charge in [0, 0.05) is 5.92 Å². The van der Waals surface area contributed by atoms with Crippen molar-refractivity contribution in [1.82, 2.24) is 0 Å². The highest BCUT2D eigenvalue weighted by Gasteiger charge is 2.46. The Labute approximate surface area is 186 Å². The van der Waals surface area contributed by atoms with Crippen LogP contribution >= 0.6 is 0 Å². The summed E-state index contributed by atoms with van der Waals surface area (Å²) in [6.45, 7) is 0.978. The highest BCUT2D eigenvalue weighted by Crippen LogP contribution is 2.44. The van der Waals surface area contributed by atoms with Gasteiger partial charge in [0.2, 0.25) is 0 Å². The van der Waals surface area contributed by atoms with Gasteiger partial charge in [-0.15, -0.1) is 0 Å². The number of ether oxygens (including phenoxy) is 2. The minimum absolute atomic E-state index is 0.0942. The third kappa shape index (κ3) is 3.51. The Morgan fingerprint density at radius 2 is 1.91 bits per heavy atom. The first kappa shape index (κ1) is 21.2. The molecule has 4 atom stereocenters. The first-order chi connectivity index (χ1) is 15.5. The van der Waals surface area contributed by atoms with Gasteiger partial charge in [-0.2, -0.15) is 0 Å². The van der Waals surface area contributed by atoms with E-state index in [1.807, 2.05) is 36.4 Å². The first-order valence-electron chi connectivity index (χ1n) is 11.2. The number of aryl methyl sites for hydroxylation is 1. The molecule has 32 heavy (non-hydrogen) atoms. The van der Waals surface area contributed by atoms with E-state index in [4.69, 9.17) is 9.47 Å². The Morgan fingerprint density at radius 3 is 2.59 bits per heavy atom. The van der Waals surface area contributed by atoms with Crippen LogP contribution in [0.25, 0.3) is 0 Å². The summed E-state index contributed by atoms with van der Waals surface area (Å²) in [4.78, 5) is 11.3. The smallest absolute Gasteiger partial charge is 0.338 e. The largest absolute Gasteiger partial charge is 0.487 e. The quantitative estimate of drug-likeness (QED) is 0.687. The summed E-state index contributed by atoms with van der Waals surface area (Å²) in [5, 5.41) is 20.3. The number of carboxylic acid groups (broad SMARTS) is 1. The fraction of sp³-hybridized carbons (Fsp3) is 0.423. The summed E-state index contributed by atoms with van der Waals surface area (Å²) >= 11 is 0. The number of aliphatic hydroxyl groups excluding tert-OH is 1. The van der Waals surface area contributed by atoms with E-state index in [0.29, 0.717) is 19.6 Å². The molecule has 2 aromatic rings. The minimum Gasteiger partial charge on any atom is -0.487 e. The molecule has 2 aromatic carbocycles. The van der Waals surface area contributed by atoms with Crippen molar-refractivity contribution in [3.8, 4) is 5.75 Å². The molecule has 2 heterocycles. The van der Waals surface area contributed by atoms with Crippen molar-refractivity contribution >= 4 is 5.97 Å². The van der Waals surface area contributed by atoms with Gasteiger partial charge in [-0.1, -0.05) is 48.6 Å². The van der Waals surface area contributed by atoms with Crippen LogP contribution in [0, 0.1) is 17.7 Å². The van der Waals surface area contributed by atoms with Gasteiger partial charge in [0.1, 0.15) is 6.10 Å². The van der Waals surface area contributed by atoms with E-state index in [1.165, 1.54) is 6.07 Å². The molecule has 0 aromatic heterocycles. The van der Waals surface area contributed by atoms with Crippen molar-refractivity contribution in [2.24, 2.45) is 11.8 Å². The highest BCUT2D eigenvalue weighted by atomic mass is 19.1. The van der Waals surface area contributed by atoms with Crippen molar-refractivity contribution in [3.05, 3.63) is 77.1 Å². The second-order valence-corrected chi connectivity index (χ2v) is 9.17. The molecule has 1 aliphatic carbocycles. The third-order valence-corrected chi connectivity index (χ3v) is 7.41. The summed E-state index contributed by atoms with van der Waals surface area (Å²) in [6.07, 6.45) is 6.32. The monoisotopic (exact) mass is 438 g/mol. The number of carboxylic acids is 1. The number of hydrogen-bond acceptors (Lipinski definition) is 4. The van der Waals surface area contributed by atoms with Crippen LogP contribution in [0.15, 0.2) is 54.6 Å². The van der Waals surface area contributed by atoms with Crippen LogP contribution < -0.4 is 4.74 Å². The van der Waals surface area contributed by atoms with E-state index in [2.05, 4.69) is 6.08 Å². The lowest BCUT2D eigenvalue weighted by Crippen LogP contribution is -2.54. The van der Waals surface area contributed by atoms with Crippen LogP contribution in [0.3, 0.4) is 0 Å². The molecule has 3 aliphatic rings. The van der Waals surface area contributed by atoms with E-state index in [-0.39, 0.29) is 29.3 Å². The molecule has 2 N–H and O–H groups in total. The Bertz CT molecular complexity index is 1030.